The molecule has 0 unspecified atom stereocenters. The van der Waals surface area contributed by atoms with Crippen LogP contribution in [0.5, 0.6) is 5.75 Å². The summed E-state index contributed by atoms with van der Waals surface area (Å²) in [5.74, 6) is 0.675. The monoisotopic (exact) mass is 406 g/mol. The second-order valence-corrected chi connectivity index (χ2v) is 8.49. The average Bonchev–Trinajstić information content (AvgIpc) is 2.66. The number of quaternary nitrogens is 1. The van der Waals surface area contributed by atoms with Crippen LogP contribution in [0.25, 0.3) is 0 Å². The number of hydrogen-bond acceptors (Lipinski definition) is 1. The van der Waals surface area contributed by atoms with E-state index in [4.69, 9.17) is 4.74 Å². The summed E-state index contributed by atoms with van der Waals surface area (Å²) in [5, 5.41) is 0. The average molecular weight is 407 g/mol. The number of piperidine rings is 1. The first-order valence-electron chi connectivity index (χ1n) is 10.4. The number of hydrogen-bond donors (Lipinski definition) is 0. The molecule has 29 heavy (non-hydrogen) atoms. The molecule has 0 bridgehead atoms. The Hall–Kier alpha value is -2.01. The van der Waals surface area contributed by atoms with E-state index in [2.05, 4.69) is 12.1 Å². The fourth-order valence-corrected chi connectivity index (χ4v) is 4.50. The van der Waals surface area contributed by atoms with E-state index in [-0.39, 0.29) is 5.92 Å². The quantitative estimate of drug-likeness (QED) is 0.508. The van der Waals surface area contributed by atoms with E-state index in [1.807, 2.05) is 50.2 Å². The molecule has 0 amide bonds. The van der Waals surface area contributed by atoms with Crippen molar-refractivity contribution in [3.63, 3.8) is 0 Å². The zero-order valence-electron chi connectivity index (χ0n) is 17.3. The predicted molar refractivity (Wildman–Crippen MR) is 110 cm³/mol. The van der Waals surface area contributed by atoms with Crippen molar-refractivity contribution < 1.29 is 22.4 Å². The molecule has 1 aliphatic rings. The highest BCUT2D eigenvalue weighted by Gasteiger charge is 2.39. The maximum Gasteiger partial charge on any atom is 0.389 e. The van der Waals surface area contributed by atoms with E-state index in [1.165, 1.54) is 5.56 Å². The minimum Gasteiger partial charge on any atom is -0.487 e. The molecule has 1 saturated heterocycles. The number of halogens is 3. The van der Waals surface area contributed by atoms with Crippen molar-refractivity contribution >= 4 is 0 Å². The first kappa shape index (κ1) is 21.7. The number of ether oxygens (including phenoxy) is 1. The Morgan fingerprint density at radius 1 is 0.931 bits per heavy atom. The van der Waals surface area contributed by atoms with Crippen molar-refractivity contribution in [2.24, 2.45) is 5.92 Å². The Balaban J connectivity index is 1.67. The number of rotatable bonds is 7. The van der Waals surface area contributed by atoms with E-state index in [1.54, 1.807) is 0 Å². The lowest BCUT2D eigenvalue weighted by molar-refractivity contribution is -0.946. The summed E-state index contributed by atoms with van der Waals surface area (Å²) >= 11 is 0. The minimum absolute atomic E-state index is 0.253. The summed E-state index contributed by atoms with van der Waals surface area (Å²) in [4.78, 5) is 0. The third-order valence-corrected chi connectivity index (χ3v) is 6.13. The van der Waals surface area contributed by atoms with Gasteiger partial charge in [-0.2, -0.15) is 13.2 Å². The lowest BCUT2D eigenvalue weighted by Crippen LogP contribution is -2.54. The fraction of sp³-hybridized carbons (Fsp3) is 0.500. The van der Waals surface area contributed by atoms with Gasteiger partial charge in [-0.1, -0.05) is 48.5 Å². The number of alkyl halides is 3. The molecule has 5 heteroatoms. The number of nitrogens with zero attached hydrogens (tertiary/aromatic N) is 1. The molecule has 2 nitrogen and oxygen atoms in total. The first-order valence-corrected chi connectivity index (χ1v) is 10.4. The Kier molecular flexibility index (Phi) is 6.89. The molecule has 0 atom stereocenters. The zero-order valence-corrected chi connectivity index (χ0v) is 17.3. The summed E-state index contributed by atoms with van der Waals surface area (Å²) in [7, 11) is 0. The highest BCUT2D eigenvalue weighted by atomic mass is 19.4. The molecule has 1 aliphatic heterocycles. The van der Waals surface area contributed by atoms with Gasteiger partial charge in [-0.15, -0.1) is 0 Å². The number of benzene rings is 2. The van der Waals surface area contributed by atoms with Crippen LogP contribution in [-0.4, -0.2) is 36.9 Å². The third kappa shape index (κ3) is 6.23. The van der Waals surface area contributed by atoms with Crippen molar-refractivity contribution in [2.75, 3.05) is 26.2 Å². The minimum atomic E-state index is -4.07. The van der Waals surface area contributed by atoms with E-state index in [0.29, 0.717) is 19.4 Å². The van der Waals surface area contributed by atoms with E-state index in [0.717, 1.165) is 47.5 Å². The summed E-state index contributed by atoms with van der Waals surface area (Å²) < 4.78 is 45.4. The Bertz CT molecular complexity index is 760. The van der Waals surface area contributed by atoms with Crippen LogP contribution >= 0.6 is 0 Å². The second-order valence-electron chi connectivity index (χ2n) is 8.49. The van der Waals surface area contributed by atoms with Crippen molar-refractivity contribution in [2.45, 2.75) is 45.8 Å². The lowest BCUT2D eigenvalue weighted by atomic mass is 9.91. The SMILES string of the molecule is Cc1cccc(C)c1OCC[N+]1(Cc2ccccc2)CCC(CC(F)(F)F)CC1. The van der Waals surface area contributed by atoms with Gasteiger partial charge in [0.05, 0.1) is 13.1 Å². The van der Waals surface area contributed by atoms with Crippen molar-refractivity contribution in [1.29, 1.82) is 0 Å². The molecular formula is C24H31F3NO+. The molecule has 0 spiro atoms. The number of aryl methyl sites for hydroxylation is 2. The fourth-order valence-electron chi connectivity index (χ4n) is 4.50. The van der Waals surface area contributed by atoms with Crippen LogP contribution in [0.2, 0.25) is 0 Å². The molecule has 0 aromatic heterocycles. The van der Waals surface area contributed by atoms with Crippen LogP contribution in [0.3, 0.4) is 0 Å². The largest absolute Gasteiger partial charge is 0.487 e. The van der Waals surface area contributed by atoms with Crippen molar-refractivity contribution in [3.8, 4) is 5.75 Å². The van der Waals surface area contributed by atoms with E-state index < -0.39 is 12.6 Å². The van der Waals surface area contributed by atoms with Crippen molar-refractivity contribution in [1.82, 2.24) is 0 Å². The normalized spacial score (nSPS) is 22.4. The number of likely N-dealkylation sites (tertiary alicyclic amines) is 1. The van der Waals surface area contributed by atoms with Crippen molar-refractivity contribution in [3.05, 3.63) is 65.2 Å². The second kappa shape index (κ2) is 9.21. The van der Waals surface area contributed by atoms with Gasteiger partial charge in [0.25, 0.3) is 0 Å². The maximum atomic E-state index is 12.8. The van der Waals surface area contributed by atoms with Gasteiger partial charge in [-0.3, -0.25) is 0 Å². The van der Waals surface area contributed by atoms with Crippen LogP contribution in [0, 0.1) is 19.8 Å². The summed E-state index contributed by atoms with van der Waals surface area (Å²) in [5.41, 5.74) is 3.46. The van der Waals surface area contributed by atoms with Gasteiger partial charge in [-0.05, 0) is 43.7 Å². The molecule has 0 radical (unpaired) electrons. The lowest BCUT2D eigenvalue weighted by Gasteiger charge is -2.44. The molecule has 0 N–H and O–H groups in total. The van der Waals surface area contributed by atoms with Crippen LogP contribution in [0.4, 0.5) is 13.2 Å². The van der Waals surface area contributed by atoms with Gasteiger partial charge in [-0.25, -0.2) is 0 Å². The Morgan fingerprint density at radius 2 is 1.55 bits per heavy atom. The molecule has 2 aromatic carbocycles. The Labute approximate surface area is 171 Å². The molecule has 0 aliphatic carbocycles. The first-order chi connectivity index (χ1) is 13.8. The van der Waals surface area contributed by atoms with Gasteiger partial charge in [0.15, 0.2) is 0 Å². The highest BCUT2D eigenvalue weighted by molar-refractivity contribution is 5.39. The molecule has 0 saturated carbocycles. The molecule has 1 fully saturated rings. The summed E-state index contributed by atoms with van der Waals surface area (Å²) in [6, 6.07) is 16.4. The van der Waals surface area contributed by atoms with Gasteiger partial charge in [0.2, 0.25) is 0 Å². The van der Waals surface area contributed by atoms with Crippen LogP contribution < -0.4 is 4.74 Å². The maximum absolute atomic E-state index is 12.8. The molecule has 158 valence electrons. The van der Waals surface area contributed by atoms with Gasteiger partial charge < -0.3 is 9.22 Å². The molecular weight excluding hydrogens is 375 g/mol. The van der Waals surface area contributed by atoms with E-state index in [9.17, 15) is 13.2 Å². The smallest absolute Gasteiger partial charge is 0.389 e. The summed E-state index contributed by atoms with van der Waals surface area (Å²) in [6.07, 6.45) is -3.48. The third-order valence-electron chi connectivity index (χ3n) is 6.13. The Morgan fingerprint density at radius 3 is 2.14 bits per heavy atom. The van der Waals surface area contributed by atoms with E-state index >= 15 is 0 Å². The number of para-hydroxylation sites is 1. The molecule has 2 aromatic rings. The zero-order chi connectivity index (χ0) is 20.9. The van der Waals surface area contributed by atoms with Crippen LogP contribution in [0.15, 0.2) is 48.5 Å². The van der Waals surface area contributed by atoms with Gasteiger partial charge in [0, 0.05) is 12.0 Å². The molecule has 1 heterocycles. The predicted octanol–water partition coefficient (Wildman–Crippen LogP) is 6.06. The highest BCUT2D eigenvalue weighted by Crippen LogP contribution is 2.34. The van der Waals surface area contributed by atoms with Gasteiger partial charge >= 0.3 is 6.18 Å². The van der Waals surface area contributed by atoms with Crippen LogP contribution in [0.1, 0.15) is 36.0 Å². The topological polar surface area (TPSA) is 9.23 Å². The standard InChI is InChI=1S/C24H31F3NO/c1-19-7-6-8-20(2)23(19)29-16-15-28(18-22-9-4-3-5-10-22)13-11-21(12-14-28)17-24(25,26)27/h3-10,21H,11-18H2,1-2H3/q+1. The molecule has 3 rings (SSSR count). The van der Waals surface area contributed by atoms with Gasteiger partial charge in [0.1, 0.15) is 25.4 Å². The van der Waals surface area contributed by atoms with Crippen LogP contribution in [-0.2, 0) is 6.54 Å². The summed E-state index contributed by atoms with van der Waals surface area (Å²) in [6.45, 7) is 7.84.